The molecule has 2 aliphatic rings. The van der Waals surface area contributed by atoms with E-state index in [4.69, 9.17) is 31.2 Å². The summed E-state index contributed by atoms with van der Waals surface area (Å²) in [7, 11) is -2.09. The molecule has 0 radical (unpaired) electrons. The summed E-state index contributed by atoms with van der Waals surface area (Å²) in [4.78, 5) is 26.3. The first kappa shape index (κ1) is 39.3. The standard InChI is InChI=1S/C29H39ClN4O7S.2ClH/c1-5-39-27(35)19-42(37,38)34(22-10-12-26(24(30)18-22)41-23-13-16-33(4)17-14-23)15-7-8-21-9-11-25(31)28(20(21)3)32-29(36)40-6-2;;/h7-10,12,18,23,31H,5-6,11,13-17,19H2,1-4H3,(H,32,36);2*1H/b8-7+,31-25?;;. The Morgan fingerprint density at radius 3 is 2.43 bits per heavy atom. The van der Waals surface area contributed by atoms with E-state index < -0.39 is 27.8 Å². The second-order valence-corrected chi connectivity index (χ2v) is 12.2. The van der Waals surface area contributed by atoms with Crippen molar-refractivity contribution in [3.63, 3.8) is 0 Å². The number of likely N-dealkylation sites (tertiary alicyclic amines) is 1. The molecule has 1 aromatic rings. The minimum absolute atomic E-state index is 0. The molecule has 15 heteroatoms. The van der Waals surface area contributed by atoms with E-state index in [1.807, 2.05) is 6.08 Å². The third-order valence-electron chi connectivity index (χ3n) is 6.81. The summed E-state index contributed by atoms with van der Waals surface area (Å²) in [5.41, 5.74) is 2.18. The molecule has 0 unspecified atom stereocenters. The van der Waals surface area contributed by atoms with Gasteiger partial charge in [0.25, 0.3) is 0 Å². The lowest BCUT2D eigenvalue weighted by molar-refractivity contribution is -0.139. The summed E-state index contributed by atoms with van der Waals surface area (Å²) >= 11 is 6.55. The average molecular weight is 696 g/mol. The van der Waals surface area contributed by atoms with Crippen LogP contribution in [0, 0.1) is 5.41 Å². The maximum Gasteiger partial charge on any atom is 0.411 e. The first-order chi connectivity index (χ1) is 19.9. The van der Waals surface area contributed by atoms with Gasteiger partial charge >= 0.3 is 12.1 Å². The van der Waals surface area contributed by atoms with Crippen molar-refractivity contribution in [3.05, 3.63) is 58.3 Å². The highest BCUT2D eigenvalue weighted by molar-refractivity contribution is 7.93. The molecule has 246 valence electrons. The molecular weight excluding hydrogens is 655 g/mol. The van der Waals surface area contributed by atoms with E-state index in [0.29, 0.717) is 22.6 Å². The van der Waals surface area contributed by atoms with Gasteiger partial charge in [-0.25, -0.2) is 13.2 Å². The number of allylic oxidation sites excluding steroid dienone is 5. The number of hydrogen-bond donors (Lipinski definition) is 2. The zero-order valence-corrected chi connectivity index (χ0v) is 28.5. The number of nitrogens with zero attached hydrogens (tertiary/aromatic N) is 2. The number of esters is 1. The second kappa shape index (κ2) is 18.3. The van der Waals surface area contributed by atoms with Gasteiger partial charge in [-0.05, 0) is 70.0 Å². The zero-order valence-electron chi connectivity index (χ0n) is 25.3. The van der Waals surface area contributed by atoms with Crippen molar-refractivity contribution in [2.45, 2.75) is 46.1 Å². The molecule has 1 amide bonds. The minimum atomic E-state index is -4.15. The van der Waals surface area contributed by atoms with E-state index in [1.165, 1.54) is 6.07 Å². The fourth-order valence-corrected chi connectivity index (χ4v) is 6.08. The summed E-state index contributed by atoms with van der Waals surface area (Å²) in [6.07, 6.45) is 6.51. The van der Waals surface area contributed by atoms with Crippen molar-refractivity contribution in [1.29, 1.82) is 5.41 Å². The molecule has 3 rings (SSSR count). The number of rotatable bonds is 12. The van der Waals surface area contributed by atoms with E-state index in [-0.39, 0.29) is 73.5 Å². The van der Waals surface area contributed by atoms with Crippen LogP contribution in [0.4, 0.5) is 10.5 Å². The Hall–Kier alpha value is -2.77. The first-order valence-corrected chi connectivity index (χ1v) is 15.8. The lowest BCUT2D eigenvalue weighted by Crippen LogP contribution is -2.36. The number of ether oxygens (including phenoxy) is 3. The SMILES string of the molecule is CCOC(=O)CS(=O)(=O)N(C/C=C/C1=CCC(=N)C(NC(=O)OCC)=C1C)c1ccc(OC2CCN(C)CC2)c(Cl)c1.Cl.Cl. The summed E-state index contributed by atoms with van der Waals surface area (Å²) in [6.45, 7) is 7.01. The third-order valence-corrected chi connectivity index (χ3v) is 8.74. The van der Waals surface area contributed by atoms with Gasteiger partial charge in [-0.15, -0.1) is 24.8 Å². The number of alkyl carbamates (subject to hydrolysis) is 1. The quantitative estimate of drug-likeness (QED) is 0.282. The lowest BCUT2D eigenvalue weighted by Gasteiger charge is -2.30. The van der Waals surface area contributed by atoms with Crippen molar-refractivity contribution >= 4 is 69.9 Å². The summed E-state index contributed by atoms with van der Waals surface area (Å²) in [5, 5.41) is 11.1. The van der Waals surface area contributed by atoms with E-state index in [2.05, 4.69) is 17.3 Å². The lowest BCUT2D eigenvalue weighted by atomic mass is 9.94. The molecule has 1 aromatic carbocycles. The predicted octanol–water partition coefficient (Wildman–Crippen LogP) is 5.28. The van der Waals surface area contributed by atoms with Crippen molar-refractivity contribution in [1.82, 2.24) is 10.2 Å². The van der Waals surface area contributed by atoms with Crippen molar-refractivity contribution in [2.24, 2.45) is 0 Å². The van der Waals surface area contributed by atoms with Crippen molar-refractivity contribution in [3.8, 4) is 5.75 Å². The fraction of sp³-hybridized carbons (Fsp3) is 0.483. The second-order valence-electron chi connectivity index (χ2n) is 9.92. The molecule has 1 aliphatic carbocycles. The van der Waals surface area contributed by atoms with Gasteiger partial charge < -0.3 is 24.5 Å². The van der Waals surface area contributed by atoms with Crippen molar-refractivity contribution < 1.29 is 32.2 Å². The van der Waals surface area contributed by atoms with Crippen LogP contribution in [0.2, 0.25) is 5.02 Å². The number of hydrogen-bond acceptors (Lipinski definition) is 9. The predicted molar refractivity (Wildman–Crippen MR) is 177 cm³/mol. The average Bonchev–Trinajstić information content (AvgIpc) is 2.92. The Bertz CT molecular complexity index is 1370. The molecular formula is C29H41Cl3N4O7S. The van der Waals surface area contributed by atoms with Crippen LogP contribution in [0.3, 0.4) is 0 Å². The van der Waals surface area contributed by atoms with Crippen molar-refractivity contribution in [2.75, 3.05) is 50.0 Å². The van der Waals surface area contributed by atoms with Gasteiger partial charge in [0.05, 0.1) is 41.9 Å². The molecule has 1 heterocycles. The minimum Gasteiger partial charge on any atom is -0.489 e. The Kier molecular flexibility index (Phi) is 16.3. The van der Waals surface area contributed by atoms with Crippen LogP contribution in [0.15, 0.2) is 53.3 Å². The molecule has 44 heavy (non-hydrogen) atoms. The number of halogens is 3. The number of piperidine rings is 1. The molecule has 11 nitrogen and oxygen atoms in total. The van der Waals surface area contributed by atoms with E-state index in [1.54, 1.807) is 45.1 Å². The van der Waals surface area contributed by atoms with E-state index in [0.717, 1.165) is 30.2 Å². The number of nitrogens with one attached hydrogen (secondary N) is 2. The molecule has 0 aromatic heterocycles. The van der Waals surface area contributed by atoms with Gasteiger partial charge in [-0.3, -0.25) is 14.4 Å². The molecule has 0 bridgehead atoms. The maximum absolute atomic E-state index is 13.4. The monoisotopic (exact) mass is 694 g/mol. The zero-order chi connectivity index (χ0) is 30.9. The largest absolute Gasteiger partial charge is 0.489 e. The number of sulfonamides is 1. The van der Waals surface area contributed by atoms with E-state index in [9.17, 15) is 18.0 Å². The van der Waals surface area contributed by atoms with Crippen LogP contribution in [-0.4, -0.2) is 82.8 Å². The summed E-state index contributed by atoms with van der Waals surface area (Å²) in [5.74, 6) is -1.24. The number of carbonyl (C=O) groups is 2. The molecule has 1 fully saturated rings. The molecule has 0 saturated carbocycles. The Morgan fingerprint density at radius 2 is 1.82 bits per heavy atom. The maximum atomic E-state index is 13.4. The highest BCUT2D eigenvalue weighted by Gasteiger charge is 2.27. The van der Waals surface area contributed by atoms with E-state index >= 15 is 0 Å². The third kappa shape index (κ3) is 11.0. The molecule has 2 N–H and O–H groups in total. The van der Waals surface area contributed by atoms with Gasteiger partial charge in [0.2, 0.25) is 10.0 Å². The number of amides is 1. The number of carbonyl (C=O) groups excluding carboxylic acids is 2. The van der Waals surface area contributed by atoms with Gasteiger partial charge in [0.1, 0.15) is 11.9 Å². The Morgan fingerprint density at radius 1 is 1.16 bits per heavy atom. The molecule has 1 saturated heterocycles. The highest BCUT2D eigenvalue weighted by Crippen LogP contribution is 2.33. The van der Waals surface area contributed by atoms with Crippen LogP contribution in [-0.2, 0) is 24.3 Å². The summed E-state index contributed by atoms with van der Waals surface area (Å²) in [6, 6.07) is 4.75. The Balaban J connectivity index is 0.00000484. The van der Waals surface area contributed by atoms with Crippen LogP contribution in [0.1, 0.15) is 40.0 Å². The fourth-order valence-electron chi connectivity index (χ4n) is 4.58. The molecule has 1 aliphatic heterocycles. The first-order valence-electron chi connectivity index (χ1n) is 13.8. The normalized spacial score (nSPS) is 16.0. The van der Waals surface area contributed by atoms with Crippen LogP contribution in [0.25, 0.3) is 0 Å². The van der Waals surface area contributed by atoms with Crippen LogP contribution in [0.5, 0.6) is 5.75 Å². The Labute approximate surface area is 277 Å². The van der Waals surface area contributed by atoms with Gasteiger partial charge in [-0.2, -0.15) is 0 Å². The van der Waals surface area contributed by atoms with Crippen LogP contribution < -0.4 is 14.4 Å². The summed E-state index contributed by atoms with van der Waals surface area (Å²) < 4.78 is 43.8. The van der Waals surface area contributed by atoms with Gasteiger partial charge in [0.15, 0.2) is 5.75 Å². The molecule has 0 atom stereocenters. The molecule has 0 spiro atoms. The van der Waals surface area contributed by atoms with Gasteiger partial charge in [0, 0.05) is 19.5 Å². The highest BCUT2D eigenvalue weighted by atomic mass is 35.5. The smallest absolute Gasteiger partial charge is 0.411 e. The topological polar surface area (TPSA) is 138 Å². The van der Waals surface area contributed by atoms with Crippen LogP contribution >= 0.6 is 36.4 Å². The number of anilines is 1. The number of benzene rings is 1. The van der Waals surface area contributed by atoms with Gasteiger partial charge in [-0.1, -0.05) is 29.8 Å².